The van der Waals surface area contributed by atoms with Gasteiger partial charge >= 0.3 is 0 Å². The van der Waals surface area contributed by atoms with Crippen molar-refractivity contribution in [1.82, 2.24) is 9.88 Å². The average molecular weight is 490 g/mol. The first-order valence-corrected chi connectivity index (χ1v) is 13.1. The molecule has 0 amide bonds. The Hall–Kier alpha value is -2.45. The van der Waals surface area contributed by atoms with Crippen molar-refractivity contribution in [2.45, 2.75) is 75.4 Å². The summed E-state index contributed by atoms with van der Waals surface area (Å²) in [6.07, 6.45) is 7.26. The van der Waals surface area contributed by atoms with Gasteiger partial charge in [0, 0.05) is 17.4 Å². The summed E-state index contributed by atoms with van der Waals surface area (Å²) in [6, 6.07) is 6.24. The monoisotopic (exact) mass is 489 g/mol. The molecular weight excluding hydrogens is 454 g/mol. The Morgan fingerprint density at radius 3 is 2.78 bits per heavy atom. The van der Waals surface area contributed by atoms with E-state index in [1.165, 1.54) is 16.7 Å². The van der Waals surface area contributed by atoms with Crippen LogP contribution in [0.1, 0.15) is 51.5 Å². The summed E-state index contributed by atoms with van der Waals surface area (Å²) in [7, 11) is 3.94. The molecule has 1 saturated heterocycles. The van der Waals surface area contributed by atoms with E-state index in [2.05, 4.69) is 43.1 Å². The fourth-order valence-corrected chi connectivity index (χ4v) is 8.56. The molecule has 2 fully saturated rings. The third-order valence-corrected chi connectivity index (χ3v) is 10.1. The number of nitrogens with two attached hydrogens (primary N) is 1. The number of likely N-dealkylation sites (N-methyl/N-ethyl adjacent to an activating group) is 1. The highest BCUT2D eigenvalue weighted by Crippen LogP contribution is 2.69. The van der Waals surface area contributed by atoms with Gasteiger partial charge in [-0.1, -0.05) is 30.7 Å². The number of benzene rings is 1. The second-order valence-corrected chi connectivity index (χ2v) is 12.2. The average Bonchev–Trinajstić information content (AvgIpc) is 3.46. The molecule has 4 N–H and O–H groups in total. The molecular formula is C29H35N3O4. The molecule has 1 unspecified atom stereocenters. The van der Waals surface area contributed by atoms with E-state index in [0.29, 0.717) is 17.9 Å². The second kappa shape index (κ2) is 7.10. The first-order chi connectivity index (χ1) is 17.1. The highest BCUT2D eigenvalue weighted by atomic mass is 16.5. The van der Waals surface area contributed by atoms with E-state index in [4.69, 9.17) is 14.9 Å². The molecule has 7 rings (SSSR count). The third kappa shape index (κ3) is 2.69. The van der Waals surface area contributed by atoms with Gasteiger partial charge in [0.2, 0.25) is 0 Å². The topological polar surface area (TPSA) is 105 Å². The number of aromatic nitrogens is 1. The largest absolute Gasteiger partial charge is 0.424 e. The number of oxazole rings is 1. The number of nitrogens with zero attached hydrogens (tertiary/aromatic N) is 2. The molecule has 2 spiro atoms. The summed E-state index contributed by atoms with van der Waals surface area (Å²) >= 11 is 0. The van der Waals surface area contributed by atoms with Crippen LogP contribution in [0.15, 0.2) is 51.5 Å². The van der Waals surface area contributed by atoms with Crippen molar-refractivity contribution in [3.8, 4) is 0 Å². The second-order valence-electron chi connectivity index (χ2n) is 12.2. The Labute approximate surface area is 211 Å². The molecule has 2 aliphatic heterocycles. The van der Waals surface area contributed by atoms with Gasteiger partial charge in [-0.25, -0.2) is 0 Å². The van der Waals surface area contributed by atoms with Gasteiger partial charge in [-0.05, 0) is 87.5 Å². The fraction of sp³-hybridized carbons (Fsp3) is 0.552. The number of nitrogen functional groups attached to an aromatic ring is 1. The van der Waals surface area contributed by atoms with Crippen molar-refractivity contribution in [1.29, 1.82) is 0 Å². The zero-order chi connectivity index (χ0) is 25.2. The summed E-state index contributed by atoms with van der Waals surface area (Å²) < 4.78 is 12.9. The van der Waals surface area contributed by atoms with Gasteiger partial charge in [0.15, 0.2) is 5.58 Å². The normalized spacial score (nSPS) is 41.3. The van der Waals surface area contributed by atoms with Crippen molar-refractivity contribution in [3.63, 3.8) is 0 Å². The molecule has 2 bridgehead atoms. The van der Waals surface area contributed by atoms with Gasteiger partial charge in [-0.2, -0.15) is 4.98 Å². The Balaban J connectivity index is 1.33. The number of hydrogen-bond donors (Lipinski definition) is 3. The molecule has 3 aliphatic carbocycles. The minimum atomic E-state index is -0.908. The number of aliphatic hydroxyl groups excluding tert-OH is 2. The van der Waals surface area contributed by atoms with Crippen molar-refractivity contribution >= 4 is 22.7 Å². The van der Waals surface area contributed by atoms with Crippen molar-refractivity contribution in [2.24, 2.45) is 11.3 Å². The lowest BCUT2D eigenvalue weighted by Gasteiger charge is -2.56. The smallest absolute Gasteiger partial charge is 0.292 e. The quantitative estimate of drug-likeness (QED) is 0.589. The summed E-state index contributed by atoms with van der Waals surface area (Å²) in [5.74, 6) is 0.299. The van der Waals surface area contributed by atoms with Crippen molar-refractivity contribution in [3.05, 3.63) is 52.6 Å². The van der Waals surface area contributed by atoms with Gasteiger partial charge in [-0.3, -0.25) is 0 Å². The molecule has 1 aromatic carbocycles. The number of aliphatic hydroxyl groups is 2. The van der Waals surface area contributed by atoms with Crippen LogP contribution in [0.4, 0.5) is 6.01 Å². The van der Waals surface area contributed by atoms with Gasteiger partial charge in [0.25, 0.3) is 6.01 Å². The number of fused-ring (bicyclic) bond motifs is 2. The standard InChI is InChI=1S/C29H35N3O4/c1-15-13-27(2)17(16-5-7-20-22(11-16)35-26(30)31-20)6-8-23(27)29-10-9-28(36-29)14-21(32(3)4)25(34)24(33)19(28)12-18(15)29/h5-7,11-12,21,23-25,33-34H,8-10,13-14H2,1-4H3,(H2,30,31)/t21-,23?,24+,25+,27+,28+,29+/m0/s1. The first kappa shape index (κ1) is 22.7. The summed E-state index contributed by atoms with van der Waals surface area (Å²) in [5.41, 5.74) is 12.2. The Morgan fingerprint density at radius 2 is 2.00 bits per heavy atom. The number of anilines is 1. The van der Waals surface area contributed by atoms with Crippen LogP contribution in [0.2, 0.25) is 0 Å². The lowest BCUT2D eigenvalue weighted by molar-refractivity contribution is -0.162. The molecule has 1 saturated carbocycles. The van der Waals surface area contributed by atoms with Crippen molar-refractivity contribution in [2.75, 3.05) is 19.8 Å². The number of ether oxygens (including phenoxy) is 1. The van der Waals surface area contributed by atoms with Crippen LogP contribution >= 0.6 is 0 Å². The molecule has 7 heteroatoms. The number of rotatable bonds is 2. The van der Waals surface area contributed by atoms with Crippen LogP contribution in [-0.4, -0.2) is 63.6 Å². The van der Waals surface area contributed by atoms with Gasteiger partial charge in [0.1, 0.15) is 11.6 Å². The predicted molar refractivity (Wildman–Crippen MR) is 138 cm³/mol. The van der Waals surface area contributed by atoms with E-state index in [1.54, 1.807) is 0 Å². The Kier molecular flexibility index (Phi) is 4.48. The zero-order valence-corrected chi connectivity index (χ0v) is 21.4. The third-order valence-electron chi connectivity index (χ3n) is 10.1. The van der Waals surface area contributed by atoms with Crippen LogP contribution in [0, 0.1) is 11.3 Å². The fourth-order valence-electron chi connectivity index (χ4n) is 8.56. The van der Waals surface area contributed by atoms with Crippen LogP contribution in [0.25, 0.3) is 16.7 Å². The van der Waals surface area contributed by atoms with Crippen LogP contribution < -0.4 is 5.73 Å². The van der Waals surface area contributed by atoms with Crippen molar-refractivity contribution < 1.29 is 19.4 Å². The number of hydrogen-bond acceptors (Lipinski definition) is 7. The lowest BCUT2D eigenvalue weighted by Crippen LogP contribution is -2.62. The van der Waals surface area contributed by atoms with E-state index >= 15 is 0 Å². The minimum absolute atomic E-state index is 0.0859. The highest BCUT2D eigenvalue weighted by Gasteiger charge is 2.68. The van der Waals surface area contributed by atoms with Crippen LogP contribution in [-0.2, 0) is 4.74 Å². The lowest BCUT2D eigenvalue weighted by atomic mass is 9.56. The van der Waals surface area contributed by atoms with E-state index < -0.39 is 17.8 Å². The molecule has 2 aromatic rings. The minimum Gasteiger partial charge on any atom is -0.424 e. The highest BCUT2D eigenvalue weighted by molar-refractivity contribution is 5.83. The van der Waals surface area contributed by atoms with Crippen LogP contribution in [0.3, 0.4) is 0 Å². The summed E-state index contributed by atoms with van der Waals surface area (Å²) in [6.45, 7) is 4.61. The van der Waals surface area contributed by atoms with E-state index in [0.717, 1.165) is 42.3 Å². The van der Waals surface area contributed by atoms with E-state index in [-0.39, 0.29) is 23.1 Å². The molecule has 7 atom stereocenters. The Bertz CT molecular complexity index is 1390. The van der Waals surface area contributed by atoms with E-state index in [9.17, 15) is 10.2 Å². The first-order valence-electron chi connectivity index (χ1n) is 13.1. The van der Waals surface area contributed by atoms with Crippen LogP contribution in [0.5, 0.6) is 0 Å². The van der Waals surface area contributed by atoms with Gasteiger partial charge < -0.3 is 30.0 Å². The molecule has 3 heterocycles. The Morgan fingerprint density at radius 1 is 1.19 bits per heavy atom. The molecule has 0 radical (unpaired) electrons. The summed E-state index contributed by atoms with van der Waals surface area (Å²) in [4.78, 5) is 6.28. The zero-order valence-electron chi connectivity index (χ0n) is 21.4. The van der Waals surface area contributed by atoms with Gasteiger partial charge in [0.05, 0.1) is 17.3 Å². The maximum Gasteiger partial charge on any atom is 0.292 e. The maximum absolute atomic E-state index is 11.2. The summed E-state index contributed by atoms with van der Waals surface area (Å²) in [5, 5.41) is 22.1. The molecule has 5 aliphatic rings. The predicted octanol–water partition coefficient (Wildman–Crippen LogP) is 3.82. The number of allylic oxidation sites excluding steroid dienone is 3. The molecule has 7 nitrogen and oxygen atoms in total. The SMILES string of the molecule is CC1=C2C=C3[C@@H](O)[C@H](O)[C@@H](N(C)C)C[C@]34CC[C@]2(O4)C2CC=C(c3ccc4nc(N)oc4c3)[C@@]2(C)C1. The molecule has 190 valence electrons. The van der Waals surface area contributed by atoms with E-state index in [1.807, 2.05) is 25.1 Å². The molecule has 1 aromatic heterocycles. The van der Waals surface area contributed by atoms with Gasteiger partial charge in [-0.15, -0.1) is 0 Å². The molecule has 36 heavy (non-hydrogen) atoms. The maximum atomic E-state index is 11.2.